The molecule has 1 fully saturated rings. The monoisotopic (exact) mass is 824 g/mol. The van der Waals surface area contributed by atoms with Crippen molar-refractivity contribution in [3.63, 3.8) is 0 Å². The van der Waals surface area contributed by atoms with Crippen LogP contribution >= 0.6 is 11.8 Å². The minimum atomic E-state index is -4.35. The van der Waals surface area contributed by atoms with Crippen molar-refractivity contribution in [1.82, 2.24) is 14.8 Å². The predicted octanol–water partition coefficient (Wildman–Crippen LogP) is 4.46. The van der Waals surface area contributed by atoms with Crippen LogP contribution in [0.3, 0.4) is 0 Å². The molecule has 1 aliphatic heterocycles. The van der Waals surface area contributed by atoms with Gasteiger partial charge in [-0.1, -0.05) is 24.3 Å². The van der Waals surface area contributed by atoms with Gasteiger partial charge in [0.15, 0.2) is 11.9 Å². The van der Waals surface area contributed by atoms with E-state index in [0.29, 0.717) is 6.07 Å². The van der Waals surface area contributed by atoms with E-state index in [9.17, 15) is 31.6 Å². The third-order valence-electron chi connectivity index (χ3n) is 7.78. The summed E-state index contributed by atoms with van der Waals surface area (Å²) in [5, 5.41) is 11.7. The van der Waals surface area contributed by atoms with Crippen LogP contribution in [0.15, 0.2) is 67.3 Å². The first-order chi connectivity index (χ1) is 26.7. The number of hydrogen-bond donors (Lipinski definition) is 1. The number of halogens is 3. The van der Waals surface area contributed by atoms with E-state index in [1.54, 1.807) is 25.2 Å². The molecule has 2 aromatic carbocycles. The Kier molecular flexibility index (Phi) is 16.0. The summed E-state index contributed by atoms with van der Waals surface area (Å²) >= 11 is 1.19. The molecule has 2 atom stereocenters. The summed E-state index contributed by atoms with van der Waals surface area (Å²) < 4.78 is 107. The van der Waals surface area contributed by atoms with Gasteiger partial charge in [-0.2, -0.15) is 18.8 Å². The molecule has 1 saturated heterocycles. The first kappa shape index (κ1) is 43.5. The molecule has 0 aliphatic carbocycles. The summed E-state index contributed by atoms with van der Waals surface area (Å²) in [7, 11) is -4.35. The van der Waals surface area contributed by atoms with Gasteiger partial charge in [0.2, 0.25) is 6.79 Å². The third-order valence-corrected chi connectivity index (χ3v) is 9.91. The van der Waals surface area contributed by atoms with Crippen LogP contribution in [0.4, 0.5) is 18.0 Å². The minimum absolute atomic E-state index is 0.123. The summed E-state index contributed by atoms with van der Waals surface area (Å²) in [5.74, 6) is -5.30. The number of allylic oxidation sites excluding steroid dienone is 2. The number of nitriles is 1. The van der Waals surface area contributed by atoms with Crippen LogP contribution in [-0.2, 0) is 60.3 Å². The largest absolute Gasteiger partial charge is 0.512 e. The fourth-order valence-corrected chi connectivity index (χ4v) is 6.71. The van der Waals surface area contributed by atoms with E-state index in [1.807, 2.05) is 6.07 Å². The lowest BCUT2D eigenvalue weighted by Crippen LogP contribution is -2.47. The van der Waals surface area contributed by atoms with Crippen LogP contribution < -0.4 is 0 Å². The quantitative estimate of drug-likeness (QED) is 0.0616. The van der Waals surface area contributed by atoms with Crippen molar-refractivity contribution in [2.45, 2.75) is 48.7 Å². The molecule has 1 aromatic heterocycles. The maximum Gasteiger partial charge on any atom is 0.512 e. The van der Waals surface area contributed by atoms with E-state index in [-0.39, 0.29) is 36.4 Å². The molecule has 21 heteroatoms. The Balaban J connectivity index is 1.40. The third kappa shape index (κ3) is 13.5. The van der Waals surface area contributed by atoms with Gasteiger partial charge in [-0.3, -0.25) is 14.1 Å². The smallest absolute Gasteiger partial charge is 0.464 e. The Morgan fingerprint density at radius 2 is 1.80 bits per heavy atom. The Bertz CT molecular complexity index is 2040. The number of carbonyl (C=O) groups excluding carboxylic acids is 3. The van der Waals surface area contributed by atoms with Crippen LogP contribution in [0.1, 0.15) is 36.5 Å². The lowest BCUT2D eigenvalue weighted by molar-refractivity contribution is -0.158. The number of thioether (sulfide) groups is 1. The Hall–Kier alpha value is -5.27. The van der Waals surface area contributed by atoms with Crippen LogP contribution in [0.2, 0.25) is 0 Å². The molecule has 2 unspecified atom stereocenters. The summed E-state index contributed by atoms with van der Waals surface area (Å²) in [6.07, 6.45) is 5.51. The number of aromatic nitrogens is 3. The Morgan fingerprint density at radius 3 is 2.45 bits per heavy atom. The molecular weight excluding hydrogens is 790 g/mol. The van der Waals surface area contributed by atoms with Crippen molar-refractivity contribution in [2.75, 3.05) is 32.4 Å². The van der Waals surface area contributed by atoms with Gasteiger partial charge >= 0.3 is 18.1 Å². The van der Waals surface area contributed by atoms with Crippen LogP contribution in [0.25, 0.3) is 6.08 Å². The molecule has 0 spiro atoms. The van der Waals surface area contributed by atoms with Crippen LogP contribution in [0.5, 0.6) is 0 Å². The number of benzene rings is 2. The number of hydrogen-bond acceptors (Lipinski definition) is 15. The molecule has 1 N–H and O–H groups in total. The number of nitrogens with zero attached hydrogens (tertiary/aromatic N) is 4. The normalized spacial score (nSPS) is 17.5. The molecule has 2 heterocycles. The van der Waals surface area contributed by atoms with Crippen molar-refractivity contribution < 1.29 is 68.9 Å². The number of rotatable bonds is 18. The first-order valence-corrected chi connectivity index (χ1v) is 19.1. The van der Waals surface area contributed by atoms with E-state index in [1.165, 1.54) is 47.3 Å². The molecule has 3 aromatic rings. The van der Waals surface area contributed by atoms with Gasteiger partial charge in [-0.05, 0) is 37.3 Å². The van der Waals surface area contributed by atoms with E-state index in [0.717, 1.165) is 18.2 Å². The summed E-state index contributed by atoms with van der Waals surface area (Å²) in [5.41, 5.74) is -1.75. The second-order valence-corrected chi connectivity index (χ2v) is 15.0. The van der Waals surface area contributed by atoms with E-state index in [2.05, 4.69) is 14.8 Å². The lowest BCUT2D eigenvalue weighted by atomic mass is 9.89. The summed E-state index contributed by atoms with van der Waals surface area (Å²) in [6, 6.07) is 8.65. The van der Waals surface area contributed by atoms with Crippen LogP contribution in [-0.4, -0.2) is 95.0 Å². The average molecular weight is 825 g/mol. The molecule has 16 nitrogen and oxygen atoms in total. The van der Waals surface area contributed by atoms with Gasteiger partial charge in [-0.15, -0.1) is 11.8 Å². The van der Waals surface area contributed by atoms with Crippen molar-refractivity contribution in [2.24, 2.45) is 0 Å². The van der Waals surface area contributed by atoms with Crippen LogP contribution in [0, 0.1) is 28.8 Å². The number of ether oxygens (including phenoxy) is 6. The van der Waals surface area contributed by atoms with Gasteiger partial charge in [0.25, 0.3) is 10.1 Å². The Labute approximate surface area is 322 Å². The zero-order valence-electron chi connectivity index (χ0n) is 29.5. The van der Waals surface area contributed by atoms with E-state index < -0.39 is 100 Å². The molecule has 0 bridgehead atoms. The second-order valence-electron chi connectivity index (χ2n) is 11.8. The molecular formula is C35H35F3N4O12S2. The van der Waals surface area contributed by atoms with E-state index >= 15 is 4.39 Å². The van der Waals surface area contributed by atoms with Crippen molar-refractivity contribution in [3.8, 4) is 6.07 Å². The predicted molar refractivity (Wildman–Crippen MR) is 189 cm³/mol. The highest BCUT2D eigenvalue weighted by atomic mass is 32.2. The van der Waals surface area contributed by atoms with Crippen molar-refractivity contribution in [1.29, 1.82) is 5.26 Å². The molecule has 0 radical (unpaired) electrons. The number of esters is 2. The first-order valence-electron chi connectivity index (χ1n) is 16.5. The maximum atomic E-state index is 15.6. The average Bonchev–Trinajstić information content (AvgIpc) is 3.65. The summed E-state index contributed by atoms with van der Waals surface area (Å²) in [4.78, 5) is 40.9. The zero-order chi connectivity index (χ0) is 40.7. The standard InChI is InChI=1S/C35H35F3N4O12S2/c1-23(55-27-17-50-33(51-18-27)5-3-2-4-25-7-6-24(16-39)14-29(25)37)35(19-42-21-40-20-41-42,28-9-8-26(36)15-30(28)38)54-34(45)53-22-52-32(44)11-10-31(43)49-12-13-56(46,47)48/h2-9,14-15,20-21,23,27,33H,10-13,17-19,22H2,1H3,(H,46,47,48). The van der Waals surface area contributed by atoms with Crippen molar-refractivity contribution in [3.05, 3.63) is 101 Å². The van der Waals surface area contributed by atoms with Gasteiger partial charge in [0.1, 0.15) is 42.5 Å². The maximum absolute atomic E-state index is 15.6. The topological polar surface area (TPSA) is 215 Å². The fraction of sp³-hybridized carbons (Fsp3) is 0.371. The van der Waals surface area contributed by atoms with Gasteiger partial charge in [0, 0.05) is 22.4 Å². The van der Waals surface area contributed by atoms with E-state index in [4.69, 9.17) is 33.5 Å². The summed E-state index contributed by atoms with van der Waals surface area (Å²) in [6.45, 7) is -0.0996. The molecule has 300 valence electrons. The molecule has 4 rings (SSSR count). The van der Waals surface area contributed by atoms with Gasteiger partial charge in [-0.25, -0.2) is 27.6 Å². The van der Waals surface area contributed by atoms with Gasteiger partial charge in [0.05, 0.1) is 49.5 Å². The highest BCUT2D eigenvalue weighted by molar-refractivity contribution is 8.00. The number of carbonyl (C=O) groups is 3. The Morgan fingerprint density at radius 1 is 1.07 bits per heavy atom. The fourth-order valence-electron chi connectivity index (χ4n) is 5.06. The van der Waals surface area contributed by atoms with Crippen molar-refractivity contribution >= 4 is 46.1 Å². The minimum Gasteiger partial charge on any atom is -0.464 e. The second kappa shape index (κ2) is 20.6. The molecule has 1 aliphatic rings. The highest BCUT2D eigenvalue weighted by Gasteiger charge is 2.47. The molecule has 56 heavy (non-hydrogen) atoms. The van der Waals surface area contributed by atoms with Gasteiger partial charge < -0.3 is 28.4 Å². The molecule has 0 amide bonds. The zero-order valence-corrected chi connectivity index (χ0v) is 31.1. The molecule has 0 saturated carbocycles. The highest BCUT2D eigenvalue weighted by Crippen LogP contribution is 2.42. The SMILES string of the molecule is CC(SC1COC(C=CC=Cc2ccc(C#N)cc2F)OC1)C(Cn1cncn1)(OC(=O)OCOC(=O)CCC(=O)OCCS(=O)(=O)O)c1ccc(F)cc1F. The lowest BCUT2D eigenvalue weighted by Gasteiger charge is -2.40.